The lowest BCUT2D eigenvalue weighted by Gasteiger charge is -2.15. The SMILES string of the molecule is COc1ccc(N=Nc2ccc([N+](=O)[O-])cc2S(C)(=O)=O)c2c(NS(=O)(=O)c3cccc(S(=O)(=O)NCCCCc4ccc(C)cc4C)c3)cccc12. The van der Waals surface area contributed by atoms with Crippen LogP contribution in [-0.4, -0.2) is 50.1 Å². The first kappa shape index (κ1) is 39.0. The molecule has 0 amide bonds. The van der Waals surface area contributed by atoms with Crippen LogP contribution in [0.15, 0.2) is 116 Å². The third-order valence-electron chi connectivity index (χ3n) is 8.35. The molecule has 0 spiro atoms. The lowest BCUT2D eigenvalue weighted by Crippen LogP contribution is -2.25. The first-order chi connectivity index (χ1) is 25.0. The van der Waals surface area contributed by atoms with Gasteiger partial charge in [0.1, 0.15) is 16.3 Å². The summed E-state index contributed by atoms with van der Waals surface area (Å²) >= 11 is 0. The predicted molar refractivity (Wildman–Crippen MR) is 202 cm³/mol. The topological polar surface area (TPSA) is 204 Å². The third kappa shape index (κ3) is 9.23. The predicted octanol–water partition coefficient (Wildman–Crippen LogP) is 7.29. The van der Waals surface area contributed by atoms with E-state index >= 15 is 0 Å². The van der Waals surface area contributed by atoms with Crippen LogP contribution in [-0.2, 0) is 36.3 Å². The maximum Gasteiger partial charge on any atom is 0.270 e. The van der Waals surface area contributed by atoms with Crippen LogP contribution in [0.1, 0.15) is 29.5 Å². The lowest BCUT2D eigenvalue weighted by atomic mass is 10.0. The number of unbranched alkanes of at least 4 members (excludes halogenated alkanes) is 1. The highest BCUT2D eigenvalue weighted by Crippen LogP contribution is 2.40. The zero-order valence-corrected chi connectivity index (χ0v) is 31.7. The summed E-state index contributed by atoms with van der Waals surface area (Å²) in [5, 5.41) is 20.2. The standard InChI is InChI=1S/C36H37N5O9S3/c1-24-14-15-26(25(2)21-24)9-5-6-20-37-52(46,47)28-10-7-11-29(23-28)53(48,49)40-33-13-8-12-30-34(50-3)19-18-32(36(30)33)39-38-31-17-16-27(41(42)43)22-35(31)51(4,44)45/h7-8,10-19,21-23,37,40H,5-6,9,20H2,1-4H3. The second kappa shape index (κ2) is 15.8. The van der Waals surface area contributed by atoms with Gasteiger partial charge in [0.2, 0.25) is 10.0 Å². The Bertz CT molecular complexity index is 2580. The van der Waals surface area contributed by atoms with Crippen LogP contribution in [0.2, 0.25) is 0 Å². The Morgan fingerprint density at radius 3 is 2.13 bits per heavy atom. The molecule has 14 nitrogen and oxygen atoms in total. The first-order valence-corrected chi connectivity index (χ1v) is 21.0. The second-order valence-corrected chi connectivity index (χ2v) is 17.7. The Morgan fingerprint density at radius 2 is 1.45 bits per heavy atom. The van der Waals surface area contributed by atoms with Gasteiger partial charge in [-0.25, -0.2) is 30.0 Å². The number of hydrogen-bond acceptors (Lipinski definition) is 11. The van der Waals surface area contributed by atoms with Crippen molar-refractivity contribution in [3.63, 3.8) is 0 Å². The van der Waals surface area contributed by atoms with E-state index in [4.69, 9.17) is 4.74 Å². The second-order valence-electron chi connectivity index (χ2n) is 12.3. The molecule has 0 aliphatic heterocycles. The third-order valence-corrected chi connectivity index (χ3v) is 12.3. The lowest BCUT2D eigenvalue weighted by molar-refractivity contribution is -0.385. The average molecular weight is 780 g/mol. The molecule has 0 saturated heterocycles. The van der Waals surface area contributed by atoms with E-state index in [1.807, 2.05) is 19.9 Å². The summed E-state index contributed by atoms with van der Waals surface area (Å²) in [6.45, 7) is 4.24. The van der Waals surface area contributed by atoms with Crippen molar-refractivity contribution in [2.75, 3.05) is 24.6 Å². The van der Waals surface area contributed by atoms with E-state index in [2.05, 4.69) is 31.8 Å². The summed E-state index contributed by atoms with van der Waals surface area (Å²) in [6, 6.07) is 22.1. The number of nitro groups is 1. The number of non-ortho nitro benzene ring substituents is 1. The molecule has 0 fully saturated rings. The quantitative estimate of drug-likeness (QED) is 0.0473. The molecule has 0 heterocycles. The van der Waals surface area contributed by atoms with Crippen molar-refractivity contribution in [2.45, 2.75) is 47.8 Å². The van der Waals surface area contributed by atoms with Crippen LogP contribution in [0.25, 0.3) is 10.8 Å². The van der Waals surface area contributed by atoms with Gasteiger partial charge in [-0.3, -0.25) is 14.8 Å². The highest BCUT2D eigenvalue weighted by atomic mass is 32.2. The number of aryl methyl sites for hydroxylation is 3. The van der Waals surface area contributed by atoms with E-state index in [9.17, 15) is 35.4 Å². The van der Waals surface area contributed by atoms with Gasteiger partial charge in [0.05, 0.1) is 33.2 Å². The fraction of sp³-hybridized carbons (Fsp3) is 0.222. The van der Waals surface area contributed by atoms with Gasteiger partial charge in [-0.05, 0) is 86.7 Å². The summed E-state index contributed by atoms with van der Waals surface area (Å²) in [6.07, 6.45) is 3.02. The van der Waals surface area contributed by atoms with E-state index in [0.29, 0.717) is 17.6 Å². The minimum atomic E-state index is -4.40. The highest BCUT2D eigenvalue weighted by Gasteiger charge is 2.23. The van der Waals surface area contributed by atoms with Crippen molar-refractivity contribution in [2.24, 2.45) is 10.2 Å². The molecule has 0 bridgehead atoms. The molecule has 0 aliphatic carbocycles. The van der Waals surface area contributed by atoms with Crippen LogP contribution >= 0.6 is 0 Å². The molecule has 53 heavy (non-hydrogen) atoms. The molecule has 5 aromatic rings. The van der Waals surface area contributed by atoms with E-state index < -0.39 is 45.4 Å². The van der Waals surface area contributed by atoms with Gasteiger partial charge in [-0.15, -0.1) is 10.2 Å². The number of azo groups is 1. The van der Waals surface area contributed by atoms with Crippen LogP contribution in [0, 0.1) is 24.0 Å². The number of methoxy groups -OCH3 is 1. The number of hydrogen-bond donors (Lipinski definition) is 2. The zero-order chi connectivity index (χ0) is 38.6. The number of rotatable bonds is 15. The van der Waals surface area contributed by atoms with Gasteiger partial charge >= 0.3 is 0 Å². The molecule has 278 valence electrons. The summed E-state index contributed by atoms with van der Waals surface area (Å²) < 4.78 is 89.3. The number of fused-ring (bicyclic) bond motifs is 1. The summed E-state index contributed by atoms with van der Waals surface area (Å²) in [4.78, 5) is 9.58. The molecule has 0 unspecified atom stereocenters. The maximum atomic E-state index is 13.8. The smallest absolute Gasteiger partial charge is 0.270 e. The number of anilines is 1. The summed E-state index contributed by atoms with van der Waals surface area (Å²) in [5.74, 6) is 0.361. The van der Waals surface area contributed by atoms with E-state index in [-0.39, 0.29) is 38.8 Å². The molecule has 0 saturated carbocycles. The fourth-order valence-corrected chi connectivity index (χ4v) is 8.82. The van der Waals surface area contributed by atoms with E-state index in [1.54, 1.807) is 18.2 Å². The van der Waals surface area contributed by atoms with E-state index in [0.717, 1.165) is 43.4 Å². The molecule has 0 radical (unpaired) electrons. The molecule has 5 aromatic carbocycles. The fourth-order valence-electron chi connectivity index (χ4n) is 5.68. The zero-order valence-electron chi connectivity index (χ0n) is 29.2. The Morgan fingerprint density at radius 1 is 0.774 bits per heavy atom. The van der Waals surface area contributed by atoms with Gasteiger partial charge < -0.3 is 4.74 Å². The minimum absolute atomic E-state index is 0.0394. The Hall–Kier alpha value is -5.23. The number of ether oxygens (including phenoxy) is 1. The van der Waals surface area contributed by atoms with Gasteiger partial charge in [-0.2, -0.15) is 0 Å². The molecule has 0 aliphatic rings. The maximum absolute atomic E-state index is 13.8. The molecular weight excluding hydrogens is 743 g/mol. The largest absolute Gasteiger partial charge is 0.496 e. The van der Waals surface area contributed by atoms with Crippen LogP contribution in [0.4, 0.5) is 22.7 Å². The van der Waals surface area contributed by atoms with Gasteiger partial charge in [0.25, 0.3) is 15.7 Å². The van der Waals surface area contributed by atoms with Gasteiger partial charge in [0.15, 0.2) is 9.84 Å². The Kier molecular flexibility index (Phi) is 11.6. The molecule has 2 N–H and O–H groups in total. The van der Waals surface area contributed by atoms with Crippen molar-refractivity contribution in [3.05, 3.63) is 118 Å². The number of nitrogens with zero attached hydrogens (tertiary/aromatic N) is 3. The highest BCUT2D eigenvalue weighted by molar-refractivity contribution is 7.93. The average Bonchev–Trinajstić information content (AvgIpc) is 3.10. The van der Waals surface area contributed by atoms with Gasteiger partial charge in [-0.1, -0.05) is 42.0 Å². The minimum Gasteiger partial charge on any atom is -0.496 e. The van der Waals surface area contributed by atoms with Crippen LogP contribution < -0.4 is 14.2 Å². The first-order valence-electron chi connectivity index (χ1n) is 16.2. The monoisotopic (exact) mass is 779 g/mol. The van der Waals surface area contributed by atoms with Crippen LogP contribution in [0.3, 0.4) is 0 Å². The Balaban J connectivity index is 1.41. The summed E-state index contributed by atoms with van der Waals surface area (Å²) in [7, 11) is -11.0. The van der Waals surface area contributed by atoms with Crippen molar-refractivity contribution in [3.8, 4) is 5.75 Å². The molecule has 17 heteroatoms. The molecule has 5 rings (SSSR count). The molecular formula is C36H37N5O9S3. The number of sulfone groups is 1. The van der Waals surface area contributed by atoms with Crippen molar-refractivity contribution in [1.29, 1.82) is 0 Å². The number of sulfonamides is 2. The summed E-state index contributed by atoms with van der Waals surface area (Å²) in [5.41, 5.74) is 3.09. The molecule has 0 atom stereocenters. The van der Waals surface area contributed by atoms with Crippen molar-refractivity contribution < 1.29 is 34.9 Å². The number of nitrogens with one attached hydrogen (secondary N) is 2. The van der Waals surface area contributed by atoms with Crippen molar-refractivity contribution >= 4 is 63.4 Å². The Labute approximate surface area is 308 Å². The van der Waals surface area contributed by atoms with Crippen LogP contribution in [0.5, 0.6) is 5.75 Å². The number of nitro benzene ring substituents is 1. The number of benzene rings is 5. The van der Waals surface area contributed by atoms with E-state index in [1.165, 1.54) is 54.1 Å². The molecule has 0 aromatic heterocycles. The normalized spacial score (nSPS) is 12.3. The van der Waals surface area contributed by atoms with Gasteiger partial charge in [0, 0.05) is 35.7 Å². The van der Waals surface area contributed by atoms with Crippen molar-refractivity contribution in [1.82, 2.24) is 4.72 Å².